The Morgan fingerprint density at radius 1 is 1.29 bits per heavy atom. The lowest BCUT2D eigenvalue weighted by molar-refractivity contribution is 0.414. The maximum absolute atomic E-state index is 11.8. The highest BCUT2D eigenvalue weighted by Crippen LogP contribution is 2.14. The number of hydrogen-bond donors (Lipinski definition) is 1. The Labute approximate surface area is 103 Å². The molecule has 0 amide bonds. The van der Waals surface area contributed by atoms with Crippen molar-refractivity contribution in [1.82, 2.24) is 0 Å². The molecule has 1 aromatic rings. The van der Waals surface area contributed by atoms with Gasteiger partial charge in [-0.25, -0.2) is 8.42 Å². The van der Waals surface area contributed by atoms with Crippen molar-refractivity contribution in [3.8, 4) is 5.75 Å². The number of nitrogens with two attached hydrogens (primary N) is 1. The van der Waals surface area contributed by atoms with Crippen LogP contribution in [0.4, 0.5) is 0 Å². The van der Waals surface area contributed by atoms with Gasteiger partial charge in [0.05, 0.1) is 18.6 Å². The van der Waals surface area contributed by atoms with Gasteiger partial charge >= 0.3 is 0 Å². The Morgan fingerprint density at radius 3 is 2.35 bits per heavy atom. The predicted octanol–water partition coefficient (Wildman–Crippen LogP) is 1.20. The largest absolute Gasteiger partial charge is 0.497 e. The van der Waals surface area contributed by atoms with Crippen molar-refractivity contribution >= 4 is 9.84 Å². The van der Waals surface area contributed by atoms with Crippen molar-refractivity contribution in [1.29, 1.82) is 0 Å². The van der Waals surface area contributed by atoms with Gasteiger partial charge < -0.3 is 10.5 Å². The average Bonchev–Trinajstić information content (AvgIpc) is 2.28. The summed E-state index contributed by atoms with van der Waals surface area (Å²) in [5.41, 5.74) is 6.20. The molecule has 0 saturated carbocycles. The van der Waals surface area contributed by atoms with Crippen LogP contribution in [-0.4, -0.2) is 27.8 Å². The fourth-order valence-corrected chi connectivity index (χ4v) is 3.36. The molecule has 1 atom stereocenters. The molecular formula is C12H19NO3S. The van der Waals surface area contributed by atoms with E-state index in [0.717, 1.165) is 11.3 Å². The van der Waals surface area contributed by atoms with Crippen LogP contribution in [0.15, 0.2) is 24.3 Å². The number of ether oxygens (including phenoxy) is 1. The Balaban J connectivity index is 2.69. The van der Waals surface area contributed by atoms with Crippen LogP contribution in [0.2, 0.25) is 0 Å². The molecule has 4 nitrogen and oxygen atoms in total. The Bertz CT molecular complexity index is 439. The Hall–Kier alpha value is -1.07. The molecule has 0 spiro atoms. The molecule has 1 unspecified atom stereocenters. The molecule has 0 fully saturated rings. The lowest BCUT2D eigenvalue weighted by Gasteiger charge is -2.09. The van der Waals surface area contributed by atoms with Crippen molar-refractivity contribution < 1.29 is 13.2 Å². The highest BCUT2D eigenvalue weighted by Gasteiger charge is 2.15. The average molecular weight is 257 g/mol. The first-order valence-corrected chi connectivity index (χ1v) is 7.32. The highest BCUT2D eigenvalue weighted by atomic mass is 32.2. The summed E-state index contributed by atoms with van der Waals surface area (Å²) in [5.74, 6) is 0.913. The third-order valence-corrected chi connectivity index (χ3v) is 4.34. The highest BCUT2D eigenvalue weighted by molar-refractivity contribution is 7.90. The van der Waals surface area contributed by atoms with Crippen LogP contribution in [0.3, 0.4) is 0 Å². The molecule has 96 valence electrons. The monoisotopic (exact) mass is 257 g/mol. The first kappa shape index (κ1) is 14.0. The molecule has 0 heterocycles. The summed E-state index contributed by atoms with van der Waals surface area (Å²) in [4.78, 5) is 0. The first-order chi connectivity index (χ1) is 7.96. The van der Waals surface area contributed by atoms with Crippen molar-refractivity contribution in [2.75, 3.05) is 19.4 Å². The van der Waals surface area contributed by atoms with Crippen molar-refractivity contribution in [2.24, 2.45) is 11.7 Å². The van der Waals surface area contributed by atoms with Crippen LogP contribution in [0.25, 0.3) is 0 Å². The second-order valence-electron chi connectivity index (χ2n) is 4.24. The molecule has 17 heavy (non-hydrogen) atoms. The summed E-state index contributed by atoms with van der Waals surface area (Å²) >= 11 is 0. The van der Waals surface area contributed by atoms with E-state index in [0.29, 0.717) is 6.54 Å². The molecule has 2 N–H and O–H groups in total. The van der Waals surface area contributed by atoms with Crippen molar-refractivity contribution in [3.63, 3.8) is 0 Å². The quantitative estimate of drug-likeness (QED) is 0.831. The number of rotatable bonds is 6. The topological polar surface area (TPSA) is 69.4 Å². The zero-order chi connectivity index (χ0) is 12.9. The van der Waals surface area contributed by atoms with Gasteiger partial charge in [0.2, 0.25) is 0 Å². The van der Waals surface area contributed by atoms with Crippen LogP contribution in [0, 0.1) is 5.92 Å². The van der Waals surface area contributed by atoms with Crippen LogP contribution >= 0.6 is 0 Å². The fraction of sp³-hybridized carbons (Fsp3) is 0.500. The molecule has 0 aliphatic heterocycles. The van der Waals surface area contributed by atoms with Gasteiger partial charge in [0, 0.05) is 0 Å². The van der Waals surface area contributed by atoms with E-state index < -0.39 is 9.84 Å². The SMILES string of the molecule is COc1ccc(CS(=O)(=O)CC(C)CN)cc1. The first-order valence-electron chi connectivity index (χ1n) is 5.50. The fourth-order valence-electron chi connectivity index (χ4n) is 1.54. The van der Waals surface area contributed by atoms with Crippen molar-refractivity contribution in [3.05, 3.63) is 29.8 Å². The van der Waals surface area contributed by atoms with E-state index in [2.05, 4.69) is 0 Å². The summed E-state index contributed by atoms with van der Waals surface area (Å²) in [7, 11) is -1.51. The van der Waals surface area contributed by atoms with Crippen LogP contribution in [-0.2, 0) is 15.6 Å². The standard InChI is InChI=1S/C12H19NO3S/c1-10(7-13)8-17(14,15)9-11-3-5-12(16-2)6-4-11/h3-6,10H,7-9,13H2,1-2H3. The molecule has 0 aliphatic carbocycles. The molecule has 0 radical (unpaired) electrons. The van der Waals surface area contributed by atoms with Gasteiger partial charge in [-0.2, -0.15) is 0 Å². The van der Waals surface area contributed by atoms with Gasteiger partial charge in [-0.1, -0.05) is 19.1 Å². The van der Waals surface area contributed by atoms with E-state index in [1.54, 1.807) is 31.4 Å². The maximum atomic E-state index is 11.8. The number of methoxy groups -OCH3 is 1. The summed E-state index contributed by atoms with van der Waals surface area (Å²) in [6, 6.07) is 7.06. The van der Waals surface area contributed by atoms with Crippen LogP contribution in [0.1, 0.15) is 12.5 Å². The van der Waals surface area contributed by atoms with Gasteiger partial charge in [-0.3, -0.25) is 0 Å². The molecule has 0 saturated heterocycles. The lowest BCUT2D eigenvalue weighted by atomic mass is 10.2. The smallest absolute Gasteiger partial charge is 0.154 e. The van der Waals surface area contributed by atoms with Crippen molar-refractivity contribution in [2.45, 2.75) is 12.7 Å². The van der Waals surface area contributed by atoms with E-state index in [4.69, 9.17) is 10.5 Å². The van der Waals surface area contributed by atoms with Gasteiger partial charge in [0.1, 0.15) is 5.75 Å². The lowest BCUT2D eigenvalue weighted by Crippen LogP contribution is -2.22. The zero-order valence-electron chi connectivity index (χ0n) is 10.2. The zero-order valence-corrected chi connectivity index (χ0v) is 11.0. The molecule has 5 heteroatoms. The molecule has 0 bridgehead atoms. The predicted molar refractivity (Wildman–Crippen MR) is 68.7 cm³/mol. The van der Waals surface area contributed by atoms with Crippen LogP contribution in [0.5, 0.6) is 5.75 Å². The number of benzene rings is 1. The second kappa shape index (κ2) is 6.02. The summed E-state index contributed by atoms with van der Waals surface area (Å²) in [6.45, 7) is 2.23. The number of sulfone groups is 1. The van der Waals surface area contributed by atoms with Gasteiger partial charge in [0.25, 0.3) is 0 Å². The third-order valence-electron chi connectivity index (χ3n) is 2.49. The van der Waals surface area contributed by atoms with Gasteiger partial charge in [-0.15, -0.1) is 0 Å². The third kappa shape index (κ3) is 4.75. The number of hydrogen-bond acceptors (Lipinski definition) is 4. The maximum Gasteiger partial charge on any atom is 0.154 e. The molecule has 1 rings (SSSR count). The normalized spacial score (nSPS) is 13.4. The minimum Gasteiger partial charge on any atom is -0.497 e. The summed E-state index contributed by atoms with van der Waals surface area (Å²) in [6.07, 6.45) is 0. The Kier molecular flexibility index (Phi) is 4.96. The molecule has 1 aromatic carbocycles. The van der Waals surface area contributed by atoms with Gasteiger partial charge in [-0.05, 0) is 30.2 Å². The molecule has 0 aliphatic rings. The minimum absolute atomic E-state index is 0.00162. The van der Waals surface area contributed by atoms with E-state index >= 15 is 0 Å². The second-order valence-corrected chi connectivity index (χ2v) is 6.35. The van der Waals surface area contributed by atoms with Gasteiger partial charge in [0.15, 0.2) is 9.84 Å². The van der Waals surface area contributed by atoms with E-state index in [9.17, 15) is 8.42 Å². The summed E-state index contributed by atoms with van der Waals surface area (Å²) in [5, 5.41) is 0. The van der Waals surface area contributed by atoms with E-state index in [1.165, 1.54) is 0 Å². The van der Waals surface area contributed by atoms with E-state index in [-0.39, 0.29) is 17.4 Å². The molecule has 0 aromatic heterocycles. The Morgan fingerprint density at radius 2 is 1.88 bits per heavy atom. The molecular weight excluding hydrogens is 238 g/mol. The summed E-state index contributed by atoms with van der Waals surface area (Å²) < 4.78 is 28.7. The van der Waals surface area contributed by atoms with E-state index in [1.807, 2.05) is 6.92 Å². The van der Waals surface area contributed by atoms with Crippen LogP contribution < -0.4 is 10.5 Å². The minimum atomic E-state index is -3.09.